The molecular weight excluding hydrogens is 374 g/mol. The number of hydrogen-bond donors (Lipinski definition) is 0. The Hall–Kier alpha value is -2.80. The standard InChI is InChI=1S/C21H23N3O3S/c1-5-27-20(25)15(3)28-21-23-22-19(17-8-6-7-9-18(17)26-4)24(21)16-12-10-14(2)11-13-16/h6-13,15H,5H2,1-4H3. The number of carbonyl (C=O) groups is 1. The Morgan fingerprint density at radius 3 is 2.54 bits per heavy atom. The smallest absolute Gasteiger partial charge is 0.319 e. The molecule has 0 spiro atoms. The van der Waals surface area contributed by atoms with Gasteiger partial charge in [-0.2, -0.15) is 0 Å². The second-order valence-electron chi connectivity index (χ2n) is 6.19. The SMILES string of the molecule is CCOC(=O)C(C)Sc1nnc(-c2ccccc2OC)n1-c1ccc(C)cc1. The number of thioether (sulfide) groups is 1. The van der Waals surface area contributed by atoms with Gasteiger partial charge in [0.2, 0.25) is 0 Å². The van der Waals surface area contributed by atoms with Crippen molar-refractivity contribution in [2.45, 2.75) is 31.2 Å². The van der Waals surface area contributed by atoms with Crippen molar-refractivity contribution in [2.75, 3.05) is 13.7 Å². The molecule has 3 aromatic rings. The lowest BCUT2D eigenvalue weighted by Crippen LogP contribution is -2.17. The third-order valence-corrected chi connectivity index (χ3v) is 5.20. The van der Waals surface area contributed by atoms with Crippen molar-refractivity contribution in [1.82, 2.24) is 14.8 Å². The number of carbonyl (C=O) groups excluding carboxylic acids is 1. The quantitative estimate of drug-likeness (QED) is 0.438. The molecule has 0 amide bonds. The maximum Gasteiger partial charge on any atom is 0.319 e. The number of ether oxygens (including phenoxy) is 2. The number of para-hydroxylation sites is 1. The highest BCUT2D eigenvalue weighted by Crippen LogP contribution is 2.34. The summed E-state index contributed by atoms with van der Waals surface area (Å²) in [5.41, 5.74) is 2.90. The van der Waals surface area contributed by atoms with Gasteiger partial charge in [0.05, 0.1) is 19.3 Å². The molecule has 0 N–H and O–H groups in total. The van der Waals surface area contributed by atoms with Crippen LogP contribution in [-0.4, -0.2) is 39.7 Å². The molecule has 146 valence electrons. The van der Waals surface area contributed by atoms with Crippen LogP contribution < -0.4 is 4.74 Å². The zero-order chi connectivity index (χ0) is 20.1. The maximum atomic E-state index is 12.1. The number of rotatable bonds is 7. The summed E-state index contributed by atoms with van der Waals surface area (Å²) in [6, 6.07) is 15.8. The third-order valence-electron chi connectivity index (χ3n) is 4.17. The van der Waals surface area contributed by atoms with Gasteiger partial charge in [0.25, 0.3) is 0 Å². The predicted molar refractivity (Wildman–Crippen MR) is 110 cm³/mol. The summed E-state index contributed by atoms with van der Waals surface area (Å²) in [5.74, 6) is 1.09. The number of hydrogen-bond acceptors (Lipinski definition) is 6. The minimum absolute atomic E-state index is 0.273. The summed E-state index contributed by atoms with van der Waals surface area (Å²) in [5, 5.41) is 8.99. The molecule has 0 radical (unpaired) electrons. The Balaban J connectivity index is 2.09. The average Bonchev–Trinajstić information content (AvgIpc) is 3.12. The summed E-state index contributed by atoms with van der Waals surface area (Å²) in [7, 11) is 1.63. The van der Waals surface area contributed by atoms with Crippen LogP contribution >= 0.6 is 11.8 Å². The van der Waals surface area contributed by atoms with Crippen molar-refractivity contribution in [2.24, 2.45) is 0 Å². The molecule has 28 heavy (non-hydrogen) atoms. The topological polar surface area (TPSA) is 66.2 Å². The molecule has 1 aromatic heterocycles. The summed E-state index contributed by atoms with van der Waals surface area (Å²) in [4.78, 5) is 12.1. The maximum absolute atomic E-state index is 12.1. The molecular formula is C21H23N3O3S. The number of esters is 1. The number of aromatic nitrogens is 3. The molecule has 1 atom stereocenters. The molecule has 2 aromatic carbocycles. The fourth-order valence-corrected chi connectivity index (χ4v) is 3.61. The van der Waals surface area contributed by atoms with E-state index < -0.39 is 5.25 Å². The Morgan fingerprint density at radius 2 is 1.86 bits per heavy atom. The summed E-state index contributed by atoms with van der Waals surface area (Å²) >= 11 is 1.32. The van der Waals surface area contributed by atoms with E-state index in [0.717, 1.165) is 16.8 Å². The molecule has 6 nitrogen and oxygen atoms in total. The van der Waals surface area contributed by atoms with Gasteiger partial charge in [-0.15, -0.1) is 10.2 Å². The molecule has 0 saturated heterocycles. The van der Waals surface area contributed by atoms with Gasteiger partial charge < -0.3 is 9.47 Å². The van der Waals surface area contributed by atoms with E-state index in [4.69, 9.17) is 9.47 Å². The Labute approximate surface area is 168 Å². The number of methoxy groups -OCH3 is 1. The third kappa shape index (κ3) is 4.20. The van der Waals surface area contributed by atoms with E-state index in [2.05, 4.69) is 10.2 Å². The fraction of sp³-hybridized carbons (Fsp3) is 0.286. The normalized spacial score (nSPS) is 11.9. The summed E-state index contributed by atoms with van der Waals surface area (Å²) in [6.07, 6.45) is 0. The first-order chi connectivity index (χ1) is 13.5. The molecule has 3 rings (SSSR count). The number of aryl methyl sites for hydroxylation is 1. The van der Waals surface area contributed by atoms with Gasteiger partial charge >= 0.3 is 5.97 Å². The van der Waals surface area contributed by atoms with E-state index >= 15 is 0 Å². The van der Waals surface area contributed by atoms with Crippen molar-refractivity contribution in [1.29, 1.82) is 0 Å². The Bertz CT molecular complexity index is 954. The molecule has 0 aliphatic rings. The Kier molecular flexibility index (Phi) is 6.36. The van der Waals surface area contributed by atoms with Crippen molar-refractivity contribution in [3.63, 3.8) is 0 Å². The lowest BCUT2D eigenvalue weighted by molar-refractivity contribution is -0.142. The zero-order valence-corrected chi connectivity index (χ0v) is 17.2. The van der Waals surface area contributed by atoms with Crippen LogP contribution in [0.1, 0.15) is 19.4 Å². The van der Waals surface area contributed by atoms with E-state index in [1.807, 2.05) is 60.0 Å². The van der Waals surface area contributed by atoms with Crippen molar-refractivity contribution in [3.05, 3.63) is 54.1 Å². The van der Waals surface area contributed by atoms with Crippen LogP contribution in [0.4, 0.5) is 0 Å². The molecule has 0 aliphatic carbocycles. The second kappa shape index (κ2) is 8.93. The highest BCUT2D eigenvalue weighted by Gasteiger charge is 2.23. The van der Waals surface area contributed by atoms with E-state index in [9.17, 15) is 4.79 Å². The molecule has 1 unspecified atom stereocenters. The van der Waals surface area contributed by atoms with Crippen LogP contribution in [0.3, 0.4) is 0 Å². The van der Waals surface area contributed by atoms with E-state index in [1.54, 1.807) is 21.0 Å². The van der Waals surface area contributed by atoms with Crippen molar-refractivity contribution < 1.29 is 14.3 Å². The largest absolute Gasteiger partial charge is 0.496 e. The molecule has 0 fully saturated rings. The van der Waals surface area contributed by atoms with Gasteiger partial charge in [0, 0.05) is 5.69 Å². The van der Waals surface area contributed by atoms with Crippen LogP contribution in [0.5, 0.6) is 5.75 Å². The van der Waals surface area contributed by atoms with Crippen LogP contribution in [0.25, 0.3) is 17.1 Å². The van der Waals surface area contributed by atoms with Crippen LogP contribution in [0.2, 0.25) is 0 Å². The van der Waals surface area contributed by atoms with E-state index in [-0.39, 0.29) is 5.97 Å². The summed E-state index contributed by atoms with van der Waals surface area (Å²) in [6.45, 7) is 5.99. The molecule has 1 heterocycles. The van der Waals surface area contributed by atoms with Gasteiger partial charge in [-0.05, 0) is 45.0 Å². The minimum Gasteiger partial charge on any atom is -0.496 e. The minimum atomic E-state index is -0.404. The van der Waals surface area contributed by atoms with Crippen LogP contribution in [0.15, 0.2) is 53.7 Å². The van der Waals surface area contributed by atoms with Gasteiger partial charge in [-0.1, -0.05) is 41.6 Å². The second-order valence-corrected chi connectivity index (χ2v) is 7.50. The van der Waals surface area contributed by atoms with Gasteiger partial charge in [0.15, 0.2) is 11.0 Å². The summed E-state index contributed by atoms with van der Waals surface area (Å²) < 4.78 is 12.6. The molecule has 0 aliphatic heterocycles. The van der Waals surface area contributed by atoms with Gasteiger partial charge in [-0.3, -0.25) is 9.36 Å². The number of benzene rings is 2. The first kappa shape index (κ1) is 19.9. The lowest BCUT2D eigenvalue weighted by atomic mass is 10.1. The highest BCUT2D eigenvalue weighted by atomic mass is 32.2. The zero-order valence-electron chi connectivity index (χ0n) is 16.4. The monoisotopic (exact) mass is 397 g/mol. The molecule has 7 heteroatoms. The fourth-order valence-electron chi connectivity index (χ4n) is 2.74. The van der Waals surface area contributed by atoms with Crippen molar-refractivity contribution in [3.8, 4) is 22.8 Å². The van der Waals surface area contributed by atoms with Gasteiger partial charge in [0.1, 0.15) is 11.0 Å². The van der Waals surface area contributed by atoms with Crippen molar-refractivity contribution >= 4 is 17.7 Å². The Morgan fingerprint density at radius 1 is 1.14 bits per heavy atom. The van der Waals surface area contributed by atoms with Gasteiger partial charge in [-0.25, -0.2) is 0 Å². The van der Waals surface area contributed by atoms with E-state index in [1.165, 1.54) is 11.8 Å². The molecule has 0 saturated carbocycles. The van der Waals surface area contributed by atoms with Crippen LogP contribution in [-0.2, 0) is 9.53 Å². The number of nitrogens with zero attached hydrogens (tertiary/aromatic N) is 3. The van der Waals surface area contributed by atoms with E-state index in [0.29, 0.717) is 23.3 Å². The lowest BCUT2D eigenvalue weighted by Gasteiger charge is -2.14. The average molecular weight is 398 g/mol. The molecule has 0 bridgehead atoms. The first-order valence-corrected chi connectivity index (χ1v) is 9.92. The predicted octanol–water partition coefficient (Wildman–Crippen LogP) is 4.30. The van der Waals surface area contributed by atoms with Crippen LogP contribution in [0, 0.1) is 6.92 Å². The first-order valence-electron chi connectivity index (χ1n) is 9.04. The highest BCUT2D eigenvalue weighted by molar-refractivity contribution is 8.00.